The zero-order valence-corrected chi connectivity index (χ0v) is 18.1. The van der Waals surface area contributed by atoms with Crippen molar-refractivity contribution in [3.63, 3.8) is 0 Å². The van der Waals surface area contributed by atoms with E-state index in [1.165, 1.54) is 6.21 Å². The number of hydrogen-bond acceptors (Lipinski definition) is 4. The van der Waals surface area contributed by atoms with Crippen molar-refractivity contribution in [2.24, 2.45) is 5.10 Å². The summed E-state index contributed by atoms with van der Waals surface area (Å²) in [6, 6.07) is 33.4. The number of hydrazone groups is 1. The van der Waals surface area contributed by atoms with E-state index in [0.29, 0.717) is 22.4 Å². The van der Waals surface area contributed by atoms with Crippen LogP contribution in [0.15, 0.2) is 114 Å². The van der Waals surface area contributed by atoms with Crippen molar-refractivity contribution in [1.29, 1.82) is 0 Å². The van der Waals surface area contributed by atoms with Gasteiger partial charge in [0.05, 0.1) is 11.8 Å². The number of carbonyl (C=O) groups excluding carboxylic acids is 2. The number of benzene rings is 5. The Morgan fingerprint density at radius 2 is 1.21 bits per heavy atom. The van der Waals surface area contributed by atoms with Gasteiger partial charge in [-0.3, -0.25) is 4.79 Å². The van der Waals surface area contributed by atoms with Gasteiger partial charge in [0.1, 0.15) is 5.75 Å². The van der Waals surface area contributed by atoms with Crippen LogP contribution in [0.25, 0.3) is 21.5 Å². The number of fused-ring (bicyclic) bond motifs is 2. The summed E-state index contributed by atoms with van der Waals surface area (Å²) < 4.78 is 5.70. The summed E-state index contributed by atoms with van der Waals surface area (Å²) in [5, 5.41) is 7.71. The molecule has 0 bridgehead atoms. The molecule has 0 aliphatic rings. The molecule has 1 N–H and O–H groups in total. The van der Waals surface area contributed by atoms with E-state index in [1.807, 2.05) is 78.9 Å². The lowest BCUT2D eigenvalue weighted by Crippen LogP contribution is -2.18. The number of ether oxygens (including phenoxy) is 1. The van der Waals surface area contributed by atoms with E-state index in [0.717, 1.165) is 21.5 Å². The highest BCUT2D eigenvalue weighted by atomic mass is 16.5. The zero-order valence-electron chi connectivity index (χ0n) is 18.1. The van der Waals surface area contributed by atoms with Crippen LogP contribution >= 0.6 is 0 Å². The minimum atomic E-state index is -0.461. The highest BCUT2D eigenvalue weighted by Crippen LogP contribution is 2.23. The summed E-state index contributed by atoms with van der Waals surface area (Å²) in [4.78, 5) is 25.6. The quantitative estimate of drug-likeness (QED) is 0.157. The van der Waals surface area contributed by atoms with E-state index in [2.05, 4.69) is 10.5 Å². The van der Waals surface area contributed by atoms with Gasteiger partial charge in [0.25, 0.3) is 5.91 Å². The summed E-state index contributed by atoms with van der Waals surface area (Å²) in [6.45, 7) is 0. The molecule has 0 fully saturated rings. The van der Waals surface area contributed by atoms with Crippen molar-refractivity contribution in [3.8, 4) is 5.75 Å². The first-order chi connectivity index (χ1) is 16.7. The van der Waals surface area contributed by atoms with Crippen molar-refractivity contribution < 1.29 is 14.3 Å². The summed E-state index contributed by atoms with van der Waals surface area (Å²) in [5.41, 5.74) is 4.14. The number of rotatable bonds is 5. The highest BCUT2D eigenvalue weighted by molar-refractivity contribution is 6.07. The number of hydrogen-bond donors (Lipinski definition) is 1. The first-order valence-corrected chi connectivity index (χ1v) is 10.8. The van der Waals surface area contributed by atoms with Crippen LogP contribution in [0.4, 0.5) is 0 Å². The van der Waals surface area contributed by atoms with Gasteiger partial charge in [-0.2, -0.15) is 5.10 Å². The number of nitrogens with zero attached hydrogens (tertiary/aromatic N) is 1. The molecule has 34 heavy (non-hydrogen) atoms. The van der Waals surface area contributed by atoms with Crippen molar-refractivity contribution >= 4 is 39.6 Å². The Labute approximate surface area is 196 Å². The molecule has 5 rings (SSSR count). The molecule has 0 unspecified atom stereocenters. The number of para-hydroxylation sites is 1. The Bertz CT molecular complexity index is 1550. The Morgan fingerprint density at radius 1 is 0.647 bits per heavy atom. The summed E-state index contributed by atoms with van der Waals surface area (Å²) in [5.74, 6) is -0.431. The number of amides is 1. The largest absolute Gasteiger partial charge is 0.422 e. The molecule has 0 aliphatic carbocycles. The maximum Gasteiger partial charge on any atom is 0.344 e. The smallest absolute Gasteiger partial charge is 0.344 e. The van der Waals surface area contributed by atoms with Gasteiger partial charge in [-0.25, -0.2) is 10.2 Å². The van der Waals surface area contributed by atoms with Gasteiger partial charge in [0, 0.05) is 11.1 Å². The van der Waals surface area contributed by atoms with Crippen LogP contribution in [-0.2, 0) is 0 Å². The van der Waals surface area contributed by atoms with E-state index < -0.39 is 5.97 Å². The van der Waals surface area contributed by atoms with Gasteiger partial charge in [-0.15, -0.1) is 0 Å². The second-order valence-electron chi connectivity index (χ2n) is 7.68. The van der Waals surface area contributed by atoms with E-state index in [4.69, 9.17) is 4.74 Å². The van der Waals surface area contributed by atoms with Gasteiger partial charge < -0.3 is 4.74 Å². The molecule has 1 amide bonds. The first-order valence-electron chi connectivity index (χ1n) is 10.8. The van der Waals surface area contributed by atoms with Crippen molar-refractivity contribution in [1.82, 2.24) is 5.43 Å². The average Bonchev–Trinajstić information content (AvgIpc) is 2.89. The molecule has 0 spiro atoms. The fraction of sp³-hybridized carbons (Fsp3) is 0. The maximum absolute atomic E-state index is 12.9. The molecule has 164 valence electrons. The Hall–Kier alpha value is -4.77. The molecular weight excluding hydrogens is 424 g/mol. The normalized spacial score (nSPS) is 11.1. The lowest BCUT2D eigenvalue weighted by molar-refractivity contribution is 0.0736. The molecule has 0 saturated carbocycles. The molecule has 0 radical (unpaired) electrons. The topological polar surface area (TPSA) is 67.8 Å². The van der Waals surface area contributed by atoms with Crippen LogP contribution in [0.5, 0.6) is 5.75 Å². The molecule has 5 heteroatoms. The van der Waals surface area contributed by atoms with E-state index in [1.54, 1.807) is 30.3 Å². The fourth-order valence-electron chi connectivity index (χ4n) is 3.88. The maximum atomic E-state index is 12.9. The van der Waals surface area contributed by atoms with Crippen LogP contribution in [0, 0.1) is 0 Å². The molecule has 0 saturated heterocycles. The predicted molar refractivity (Wildman–Crippen MR) is 134 cm³/mol. The lowest BCUT2D eigenvalue weighted by Gasteiger charge is -2.09. The number of nitrogens with one attached hydrogen (secondary N) is 1. The minimum absolute atomic E-state index is 0.321. The van der Waals surface area contributed by atoms with Crippen molar-refractivity contribution in [2.75, 3.05) is 0 Å². The zero-order chi connectivity index (χ0) is 23.3. The summed E-state index contributed by atoms with van der Waals surface area (Å²) in [7, 11) is 0. The SMILES string of the molecule is O=C(N/N=C\c1ccccc1OC(=O)c1cccc2ccccc12)c1cccc2ccccc12. The van der Waals surface area contributed by atoms with Crippen LogP contribution in [0.3, 0.4) is 0 Å². The monoisotopic (exact) mass is 444 g/mol. The second kappa shape index (κ2) is 9.38. The van der Waals surface area contributed by atoms with Gasteiger partial charge in [0.2, 0.25) is 0 Å². The van der Waals surface area contributed by atoms with Crippen LogP contribution in [-0.4, -0.2) is 18.1 Å². The van der Waals surface area contributed by atoms with E-state index >= 15 is 0 Å². The molecular formula is C29H20N2O3. The molecule has 0 heterocycles. The molecule has 5 aromatic carbocycles. The third kappa shape index (κ3) is 4.27. The molecule has 5 nitrogen and oxygen atoms in total. The van der Waals surface area contributed by atoms with E-state index in [-0.39, 0.29) is 5.91 Å². The molecule has 0 aromatic heterocycles. The van der Waals surface area contributed by atoms with Gasteiger partial charge in [-0.1, -0.05) is 84.9 Å². The third-order valence-electron chi connectivity index (χ3n) is 5.54. The molecule has 5 aromatic rings. The lowest BCUT2D eigenvalue weighted by atomic mass is 10.0. The van der Waals surface area contributed by atoms with Crippen LogP contribution in [0.1, 0.15) is 26.3 Å². The van der Waals surface area contributed by atoms with E-state index in [9.17, 15) is 9.59 Å². The first kappa shape index (κ1) is 21.1. The fourth-order valence-corrected chi connectivity index (χ4v) is 3.88. The van der Waals surface area contributed by atoms with Crippen molar-refractivity contribution in [3.05, 3.63) is 126 Å². The van der Waals surface area contributed by atoms with Gasteiger partial charge in [-0.05, 0) is 45.8 Å². The number of carbonyl (C=O) groups is 2. The van der Waals surface area contributed by atoms with Gasteiger partial charge >= 0.3 is 5.97 Å². The Kier molecular flexibility index (Phi) is 5.82. The highest BCUT2D eigenvalue weighted by Gasteiger charge is 2.14. The standard InChI is InChI=1S/C29H20N2O3/c32-28(25-16-7-12-20-9-1-4-14-23(20)25)31-30-19-22-11-3-6-18-27(22)34-29(33)26-17-8-13-21-10-2-5-15-24(21)26/h1-19H,(H,31,32)/b30-19-. The number of esters is 1. The Morgan fingerprint density at radius 3 is 1.94 bits per heavy atom. The predicted octanol–water partition coefficient (Wildman–Crippen LogP) is 5.98. The molecule has 0 atom stereocenters. The van der Waals surface area contributed by atoms with Crippen molar-refractivity contribution in [2.45, 2.75) is 0 Å². The average molecular weight is 444 g/mol. The minimum Gasteiger partial charge on any atom is -0.422 e. The van der Waals surface area contributed by atoms with Gasteiger partial charge in [0.15, 0.2) is 0 Å². The second-order valence-corrected chi connectivity index (χ2v) is 7.68. The molecule has 0 aliphatic heterocycles. The summed E-state index contributed by atoms with van der Waals surface area (Å²) in [6.07, 6.45) is 1.47. The van der Waals surface area contributed by atoms with Crippen LogP contribution in [0.2, 0.25) is 0 Å². The van der Waals surface area contributed by atoms with Crippen LogP contribution < -0.4 is 10.2 Å². The third-order valence-corrected chi connectivity index (χ3v) is 5.54. The summed E-state index contributed by atoms with van der Waals surface area (Å²) >= 11 is 0. The Balaban J connectivity index is 1.35.